The summed E-state index contributed by atoms with van der Waals surface area (Å²) >= 11 is 3.47. The molecule has 0 aromatic heterocycles. The van der Waals surface area contributed by atoms with E-state index in [9.17, 15) is 0 Å². The molecular weight excluding hydrogens is 268 g/mol. The van der Waals surface area contributed by atoms with Gasteiger partial charge in [0.1, 0.15) is 12.4 Å². The van der Waals surface area contributed by atoms with E-state index in [2.05, 4.69) is 26.1 Å². The van der Waals surface area contributed by atoms with Crippen LogP contribution in [0.25, 0.3) is 0 Å². The number of hydrogen-bond acceptors (Lipinski definition) is 3. The lowest BCUT2D eigenvalue weighted by Crippen LogP contribution is -2.44. The number of para-hydroxylation sites is 1. The Morgan fingerprint density at radius 2 is 2.00 bits per heavy atom. The van der Waals surface area contributed by atoms with Crippen molar-refractivity contribution in [3.05, 3.63) is 28.7 Å². The fraction of sp³-hybridized carbons (Fsp3) is 0.500. The predicted molar refractivity (Wildman–Crippen MR) is 68.9 cm³/mol. The van der Waals surface area contributed by atoms with Crippen molar-refractivity contribution in [1.82, 2.24) is 10.2 Å². The van der Waals surface area contributed by atoms with E-state index in [1.807, 2.05) is 24.3 Å². The number of halogens is 1. The molecule has 1 aromatic rings. The van der Waals surface area contributed by atoms with Gasteiger partial charge in [0.05, 0.1) is 4.47 Å². The Morgan fingerprint density at radius 3 is 2.75 bits per heavy atom. The van der Waals surface area contributed by atoms with Crippen LogP contribution in [0, 0.1) is 0 Å². The minimum Gasteiger partial charge on any atom is -0.491 e. The first-order valence-electron chi connectivity index (χ1n) is 5.66. The molecule has 0 bridgehead atoms. The van der Waals surface area contributed by atoms with E-state index in [1.165, 1.54) is 0 Å². The highest BCUT2D eigenvalue weighted by Gasteiger charge is 2.09. The molecule has 0 radical (unpaired) electrons. The first kappa shape index (κ1) is 11.9. The molecule has 0 atom stereocenters. The summed E-state index contributed by atoms with van der Waals surface area (Å²) < 4.78 is 6.75. The molecule has 1 aliphatic heterocycles. The van der Waals surface area contributed by atoms with Crippen LogP contribution in [-0.2, 0) is 0 Å². The van der Waals surface area contributed by atoms with E-state index in [4.69, 9.17) is 4.74 Å². The number of hydrogen-bond donors (Lipinski definition) is 1. The summed E-state index contributed by atoms with van der Waals surface area (Å²) in [5.74, 6) is 0.928. The lowest BCUT2D eigenvalue weighted by atomic mass is 10.3. The summed E-state index contributed by atoms with van der Waals surface area (Å²) in [6, 6.07) is 7.97. The predicted octanol–water partition coefficient (Wildman–Crippen LogP) is 1.73. The quantitative estimate of drug-likeness (QED) is 0.912. The number of piperazine rings is 1. The SMILES string of the molecule is Brc1ccccc1OCCN1CCNCC1. The maximum atomic E-state index is 5.73. The molecule has 1 aromatic carbocycles. The van der Waals surface area contributed by atoms with Crippen molar-refractivity contribution in [2.24, 2.45) is 0 Å². The standard InChI is InChI=1S/C12H17BrN2O/c13-11-3-1-2-4-12(11)16-10-9-15-7-5-14-6-8-15/h1-4,14H,5-10H2. The molecule has 4 heteroatoms. The fourth-order valence-corrected chi connectivity index (χ4v) is 2.18. The van der Waals surface area contributed by atoms with Gasteiger partial charge < -0.3 is 10.1 Å². The van der Waals surface area contributed by atoms with Gasteiger partial charge >= 0.3 is 0 Å². The van der Waals surface area contributed by atoms with Crippen molar-refractivity contribution in [1.29, 1.82) is 0 Å². The van der Waals surface area contributed by atoms with Gasteiger partial charge in [-0.05, 0) is 28.1 Å². The zero-order chi connectivity index (χ0) is 11.2. The number of rotatable bonds is 4. The molecule has 0 saturated carbocycles. The van der Waals surface area contributed by atoms with Gasteiger partial charge in [0, 0.05) is 32.7 Å². The van der Waals surface area contributed by atoms with Crippen molar-refractivity contribution < 1.29 is 4.74 Å². The van der Waals surface area contributed by atoms with Crippen molar-refractivity contribution in [3.63, 3.8) is 0 Å². The van der Waals surface area contributed by atoms with Gasteiger partial charge in [-0.1, -0.05) is 12.1 Å². The molecule has 2 rings (SSSR count). The molecular formula is C12H17BrN2O. The number of nitrogens with one attached hydrogen (secondary N) is 1. The van der Waals surface area contributed by atoms with Crippen LogP contribution < -0.4 is 10.1 Å². The summed E-state index contributed by atoms with van der Waals surface area (Å²) in [6.07, 6.45) is 0. The van der Waals surface area contributed by atoms with E-state index < -0.39 is 0 Å². The summed E-state index contributed by atoms with van der Waals surface area (Å²) in [6.45, 7) is 6.19. The Balaban J connectivity index is 1.73. The van der Waals surface area contributed by atoms with Crippen LogP contribution in [-0.4, -0.2) is 44.2 Å². The topological polar surface area (TPSA) is 24.5 Å². The third kappa shape index (κ3) is 3.47. The summed E-state index contributed by atoms with van der Waals surface area (Å²) in [7, 11) is 0. The first-order valence-corrected chi connectivity index (χ1v) is 6.46. The zero-order valence-electron chi connectivity index (χ0n) is 9.29. The van der Waals surface area contributed by atoms with Crippen LogP contribution in [0.4, 0.5) is 0 Å². The summed E-state index contributed by atoms with van der Waals surface area (Å²) in [4.78, 5) is 2.42. The van der Waals surface area contributed by atoms with Gasteiger partial charge in [-0.3, -0.25) is 4.90 Å². The molecule has 0 unspecified atom stereocenters. The molecule has 88 valence electrons. The van der Waals surface area contributed by atoms with Crippen LogP contribution in [0.1, 0.15) is 0 Å². The highest BCUT2D eigenvalue weighted by Crippen LogP contribution is 2.23. The van der Waals surface area contributed by atoms with Crippen LogP contribution in [0.15, 0.2) is 28.7 Å². The minimum absolute atomic E-state index is 0.753. The summed E-state index contributed by atoms with van der Waals surface area (Å²) in [5, 5.41) is 3.34. The van der Waals surface area contributed by atoms with Crippen molar-refractivity contribution in [2.75, 3.05) is 39.3 Å². The Labute approximate surface area is 105 Å². The number of ether oxygens (including phenoxy) is 1. The number of nitrogens with zero attached hydrogens (tertiary/aromatic N) is 1. The third-order valence-corrected chi connectivity index (χ3v) is 3.37. The molecule has 1 aliphatic rings. The van der Waals surface area contributed by atoms with E-state index in [-0.39, 0.29) is 0 Å². The Hall–Kier alpha value is -0.580. The van der Waals surface area contributed by atoms with E-state index in [0.717, 1.165) is 49.6 Å². The average molecular weight is 285 g/mol. The molecule has 1 N–H and O–H groups in total. The van der Waals surface area contributed by atoms with Crippen molar-refractivity contribution in [3.8, 4) is 5.75 Å². The van der Waals surface area contributed by atoms with Gasteiger partial charge in [-0.25, -0.2) is 0 Å². The lowest BCUT2D eigenvalue weighted by molar-refractivity contribution is 0.191. The Morgan fingerprint density at radius 1 is 1.25 bits per heavy atom. The maximum Gasteiger partial charge on any atom is 0.133 e. The van der Waals surface area contributed by atoms with Crippen molar-refractivity contribution >= 4 is 15.9 Å². The second-order valence-electron chi connectivity index (χ2n) is 3.87. The second kappa shape index (κ2) is 6.23. The van der Waals surface area contributed by atoms with Crippen LogP contribution in [0.3, 0.4) is 0 Å². The van der Waals surface area contributed by atoms with E-state index >= 15 is 0 Å². The molecule has 1 saturated heterocycles. The van der Waals surface area contributed by atoms with Crippen molar-refractivity contribution in [2.45, 2.75) is 0 Å². The molecule has 0 spiro atoms. The van der Waals surface area contributed by atoms with Gasteiger partial charge in [-0.15, -0.1) is 0 Å². The highest BCUT2D eigenvalue weighted by atomic mass is 79.9. The van der Waals surface area contributed by atoms with Gasteiger partial charge in [0.2, 0.25) is 0 Å². The Bertz CT molecular complexity index is 327. The minimum atomic E-state index is 0.753. The Kier molecular flexibility index (Phi) is 4.63. The fourth-order valence-electron chi connectivity index (χ4n) is 1.78. The van der Waals surface area contributed by atoms with Crippen LogP contribution in [0.2, 0.25) is 0 Å². The number of benzene rings is 1. The van der Waals surface area contributed by atoms with Gasteiger partial charge in [0.15, 0.2) is 0 Å². The highest BCUT2D eigenvalue weighted by molar-refractivity contribution is 9.10. The van der Waals surface area contributed by atoms with Gasteiger partial charge in [-0.2, -0.15) is 0 Å². The first-order chi connectivity index (χ1) is 7.86. The molecule has 1 heterocycles. The average Bonchev–Trinajstić information content (AvgIpc) is 2.33. The molecule has 0 amide bonds. The molecule has 1 fully saturated rings. The zero-order valence-corrected chi connectivity index (χ0v) is 10.9. The summed E-state index contributed by atoms with van der Waals surface area (Å²) in [5.41, 5.74) is 0. The second-order valence-corrected chi connectivity index (χ2v) is 4.72. The third-order valence-electron chi connectivity index (χ3n) is 2.71. The largest absolute Gasteiger partial charge is 0.491 e. The molecule has 3 nitrogen and oxygen atoms in total. The van der Waals surface area contributed by atoms with Crippen LogP contribution in [0.5, 0.6) is 5.75 Å². The maximum absolute atomic E-state index is 5.73. The van der Waals surface area contributed by atoms with Crippen LogP contribution >= 0.6 is 15.9 Å². The lowest BCUT2D eigenvalue weighted by Gasteiger charge is -2.26. The van der Waals surface area contributed by atoms with Gasteiger partial charge in [0.25, 0.3) is 0 Å². The van der Waals surface area contributed by atoms with E-state index in [1.54, 1.807) is 0 Å². The molecule has 16 heavy (non-hydrogen) atoms. The molecule has 0 aliphatic carbocycles. The normalized spacial score (nSPS) is 17.3. The smallest absolute Gasteiger partial charge is 0.133 e. The van der Waals surface area contributed by atoms with E-state index in [0.29, 0.717) is 0 Å². The monoisotopic (exact) mass is 284 g/mol.